The summed E-state index contributed by atoms with van der Waals surface area (Å²) in [6.45, 7) is 2.64. The quantitative estimate of drug-likeness (QED) is 0.683. The lowest BCUT2D eigenvalue weighted by molar-refractivity contribution is 0.0588. The van der Waals surface area contributed by atoms with Crippen molar-refractivity contribution in [2.45, 2.75) is 25.4 Å². The van der Waals surface area contributed by atoms with E-state index in [1.54, 1.807) is 4.52 Å². The largest absolute Gasteiger partial charge is 0.336 e. The average Bonchev–Trinajstić information content (AvgIpc) is 3.13. The van der Waals surface area contributed by atoms with Crippen molar-refractivity contribution in [3.05, 3.63) is 69.9 Å². The van der Waals surface area contributed by atoms with Crippen LogP contribution in [-0.2, 0) is 13.1 Å². The Morgan fingerprint density at radius 3 is 2.83 bits per heavy atom. The summed E-state index contributed by atoms with van der Waals surface area (Å²) in [4.78, 5) is 30.0. The van der Waals surface area contributed by atoms with E-state index in [0.29, 0.717) is 37.8 Å². The van der Waals surface area contributed by atoms with Gasteiger partial charge in [-0.05, 0) is 50.7 Å². The number of hydrogen-bond acceptors (Lipinski definition) is 4. The van der Waals surface area contributed by atoms with Crippen molar-refractivity contribution in [1.29, 1.82) is 0 Å². The lowest BCUT2D eigenvalue weighted by Gasteiger charge is -2.42. The lowest BCUT2D eigenvalue weighted by Crippen LogP contribution is -2.49. The molecule has 7 heteroatoms. The van der Waals surface area contributed by atoms with Crippen LogP contribution in [0.2, 0.25) is 0 Å². The molecule has 0 radical (unpaired) electrons. The van der Waals surface area contributed by atoms with Crippen LogP contribution >= 0.6 is 0 Å². The highest BCUT2D eigenvalue weighted by Crippen LogP contribution is 2.35. The van der Waals surface area contributed by atoms with E-state index in [-0.39, 0.29) is 17.4 Å². The fourth-order valence-electron chi connectivity index (χ4n) is 4.82. The minimum absolute atomic E-state index is 0.0246. The molecule has 2 bridgehead atoms. The van der Waals surface area contributed by atoms with Crippen molar-refractivity contribution in [2.75, 3.05) is 27.2 Å². The molecule has 3 aromatic heterocycles. The summed E-state index contributed by atoms with van der Waals surface area (Å²) < 4.78 is 3.68. The summed E-state index contributed by atoms with van der Waals surface area (Å²) in [6, 6.07) is 11.7. The van der Waals surface area contributed by atoms with Crippen LogP contribution in [0.4, 0.5) is 0 Å². The lowest BCUT2D eigenvalue weighted by atomic mass is 9.83. The van der Waals surface area contributed by atoms with Gasteiger partial charge in [0.05, 0.1) is 5.52 Å². The predicted molar refractivity (Wildman–Crippen MR) is 110 cm³/mol. The van der Waals surface area contributed by atoms with Crippen LogP contribution in [-0.4, -0.2) is 57.1 Å². The van der Waals surface area contributed by atoms with Crippen LogP contribution in [0.3, 0.4) is 0 Å². The van der Waals surface area contributed by atoms with Crippen LogP contribution in [0.1, 0.15) is 34.1 Å². The number of pyridine rings is 2. The molecule has 2 atom stereocenters. The van der Waals surface area contributed by atoms with Gasteiger partial charge in [0.25, 0.3) is 11.5 Å². The summed E-state index contributed by atoms with van der Waals surface area (Å²) in [5.74, 6) is 0.475. The molecule has 0 saturated carbocycles. The monoisotopic (exact) mass is 391 g/mol. The zero-order chi connectivity index (χ0) is 20.1. The van der Waals surface area contributed by atoms with E-state index in [4.69, 9.17) is 0 Å². The summed E-state index contributed by atoms with van der Waals surface area (Å²) in [5, 5.41) is 4.44. The van der Waals surface area contributed by atoms with Gasteiger partial charge in [0.1, 0.15) is 0 Å². The minimum atomic E-state index is -0.0246. The van der Waals surface area contributed by atoms with Crippen molar-refractivity contribution < 1.29 is 4.79 Å². The zero-order valence-electron chi connectivity index (χ0n) is 16.8. The molecule has 0 unspecified atom stereocenters. The molecule has 0 aliphatic carbocycles. The van der Waals surface area contributed by atoms with E-state index in [1.165, 1.54) is 0 Å². The van der Waals surface area contributed by atoms with Crippen LogP contribution in [0.15, 0.2) is 47.4 Å². The fraction of sp³-hybridized carbons (Fsp3) is 0.409. The first-order valence-electron chi connectivity index (χ1n) is 10.1. The molecule has 7 nitrogen and oxygen atoms in total. The molecule has 5 rings (SSSR count). The van der Waals surface area contributed by atoms with Crippen LogP contribution in [0.25, 0.3) is 5.52 Å². The summed E-state index contributed by atoms with van der Waals surface area (Å²) in [5.41, 5.74) is 3.40. The molecular weight excluding hydrogens is 366 g/mol. The van der Waals surface area contributed by atoms with Gasteiger partial charge in [-0.15, -0.1) is 0 Å². The number of rotatable bonds is 3. The fourth-order valence-corrected chi connectivity index (χ4v) is 4.82. The molecule has 5 heterocycles. The molecule has 0 spiro atoms. The summed E-state index contributed by atoms with van der Waals surface area (Å²) in [6.07, 6.45) is 2.88. The highest BCUT2D eigenvalue weighted by molar-refractivity contribution is 5.93. The Kier molecular flexibility index (Phi) is 4.28. The van der Waals surface area contributed by atoms with Crippen molar-refractivity contribution in [2.24, 2.45) is 5.92 Å². The Hall–Kier alpha value is -2.93. The molecule has 2 aliphatic heterocycles. The number of piperidine rings is 1. The third-order valence-electron chi connectivity index (χ3n) is 6.05. The maximum absolute atomic E-state index is 13.1. The number of likely N-dealkylation sites (tertiary alicyclic amines) is 1. The van der Waals surface area contributed by atoms with E-state index in [1.807, 2.05) is 65.0 Å². The van der Waals surface area contributed by atoms with Gasteiger partial charge >= 0.3 is 0 Å². The van der Waals surface area contributed by atoms with Gasteiger partial charge in [-0.3, -0.25) is 9.59 Å². The second-order valence-corrected chi connectivity index (χ2v) is 8.55. The number of carbonyl (C=O) groups is 1. The Morgan fingerprint density at radius 1 is 1.17 bits per heavy atom. The summed E-state index contributed by atoms with van der Waals surface area (Å²) in [7, 11) is 3.95. The van der Waals surface area contributed by atoms with Gasteiger partial charge in [0.2, 0.25) is 0 Å². The highest BCUT2D eigenvalue weighted by atomic mass is 16.2. The van der Waals surface area contributed by atoms with Crippen molar-refractivity contribution in [3.8, 4) is 0 Å². The van der Waals surface area contributed by atoms with Crippen molar-refractivity contribution in [1.82, 2.24) is 24.0 Å². The second-order valence-electron chi connectivity index (χ2n) is 8.55. The zero-order valence-corrected chi connectivity index (χ0v) is 16.8. The van der Waals surface area contributed by atoms with Crippen LogP contribution in [0.5, 0.6) is 0 Å². The molecule has 0 aromatic carbocycles. The smallest absolute Gasteiger partial charge is 0.274 e. The molecule has 150 valence electrons. The number of amides is 1. The molecule has 1 amide bonds. The number of fused-ring (bicyclic) bond motifs is 5. The Labute approximate surface area is 169 Å². The standard InChI is InChI=1S/C22H25N5O2/c1-24(2)13-16-6-7-20-17-9-15(12-26(20)21(16)28)11-25(14-17)22(29)19-10-18-5-3-4-8-27(18)23-19/h3-8,10,15,17H,9,11-14H2,1-2H3/t15-,17+/m0/s1. The maximum atomic E-state index is 13.1. The Balaban J connectivity index is 1.42. The van der Waals surface area contributed by atoms with Gasteiger partial charge < -0.3 is 14.4 Å². The second kappa shape index (κ2) is 6.84. The van der Waals surface area contributed by atoms with Gasteiger partial charge in [0.15, 0.2) is 5.69 Å². The van der Waals surface area contributed by atoms with Gasteiger partial charge in [-0.2, -0.15) is 5.10 Å². The third kappa shape index (κ3) is 3.15. The average molecular weight is 391 g/mol. The van der Waals surface area contributed by atoms with E-state index < -0.39 is 0 Å². The SMILES string of the molecule is CN(C)Cc1ccc2n(c1=O)C[C@H]1C[C@@H]2CN(C(=O)c2cc3ccccn3n2)C1. The van der Waals surface area contributed by atoms with E-state index in [9.17, 15) is 9.59 Å². The molecule has 2 aliphatic rings. The topological polar surface area (TPSA) is 62.9 Å². The van der Waals surface area contributed by atoms with Gasteiger partial charge in [-0.1, -0.05) is 12.1 Å². The molecule has 0 N–H and O–H groups in total. The van der Waals surface area contributed by atoms with E-state index in [2.05, 4.69) is 11.2 Å². The first kappa shape index (κ1) is 18.1. The molecule has 1 saturated heterocycles. The van der Waals surface area contributed by atoms with Crippen molar-refractivity contribution in [3.63, 3.8) is 0 Å². The number of carbonyl (C=O) groups excluding carboxylic acids is 1. The van der Waals surface area contributed by atoms with E-state index in [0.717, 1.165) is 23.2 Å². The van der Waals surface area contributed by atoms with E-state index >= 15 is 0 Å². The first-order valence-corrected chi connectivity index (χ1v) is 10.1. The molecular formula is C22H25N5O2. The maximum Gasteiger partial charge on any atom is 0.274 e. The highest BCUT2D eigenvalue weighted by Gasteiger charge is 2.37. The Morgan fingerprint density at radius 2 is 2.03 bits per heavy atom. The number of aromatic nitrogens is 3. The third-order valence-corrected chi connectivity index (χ3v) is 6.05. The normalized spacial score (nSPS) is 20.9. The predicted octanol–water partition coefficient (Wildman–Crippen LogP) is 1.82. The first-order chi connectivity index (χ1) is 14.0. The van der Waals surface area contributed by atoms with Crippen molar-refractivity contribution >= 4 is 11.4 Å². The van der Waals surface area contributed by atoms with Crippen LogP contribution in [0, 0.1) is 5.92 Å². The van der Waals surface area contributed by atoms with Gasteiger partial charge in [-0.25, -0.2) is 4.52 Å². The molecule has 1 fully saturated rings. The van der Waals surface area contributed by atoms with Gasteiger partial charge in [0, 0.05) is 49.6 Å². The minimum Gasteiger partial charge on any atom is -0.336 e. The summed E-state index contributed by atoms with van der Waals surface area (Å²) >= 11 is 0. The molecule has 29 heavy (non-hydrogen) atoms. The number of hydrogen-bond donors (Lipinski definition) is 0. The molecule has 3 aromatic rings. The Bertz CT molecular complexity index is 1110. The van der Waals surface area contributed by atoms with Crippen LogP contribution < -0.4 is 5.56 Å². The number of nitrogens with zero attached hydrogens (tertiary/aromatic N) is 5.